The quantitative estimate of drug-likeness (QED) is 0.902. The first kappa shape index (κ1) is 12.8. The Morgan fingerprint density at radius 1 is 1.16 bits per heavy atom. The van der Waals surface area contributed by atoms with E-state index in [1.54, 1.807) is 14.2 Å². The minimum atomic E-state index is 0.157. The van der Waals surface area contributed by atoms with E-state index in [-0.39, 0.29) is 12.2 Å². The van der Waals surface area contributed by atoms with Crippen LogP contribution in [0.25, 0.3) is 0 Å². The number of hydrogen-bond donors (Lipinski definition) is 1. The first-order valence-electron chi connectivity index (χ1n) is 6.99. The Bertz CT molecular complexity index is 438. The molecule has 104 valence electrons. The molecule has 2 unspecified atom stereocenters. The lowest BCUT2D eigenvalue weighted by Crippen LogP contribution is -2.27. The molecule has 1 fully saturated rings. The van der Waals surface area contributed by atoms with Crippen LogP contribution in [-0.2, 0) is 15.9 Å². The number of methoxy groups -OCH3 is 2. The van der Waals surface area contributed by atoms with Gasteiger partial charge in [0.05, 0.1) is 11.4 Å². The van der Waals surface area contributed by atoms with Crippen molar-refractivity contribution in [3.63, 3.8) is 0 Å². The van der Waals surface area contributed by atoms with Gasteiger partial charge >= 0.3 is 0 Å². The van der Waals surface area contributed by atoms with E-state index < -0.39 is 0 Å². The second kappa shape index (κ2) is 5.39. The molecule has 0 aliphatic carbocycles. The third-order valence-electron chi connectivity index (χ3n) is 4.21. The van der Waals surface area contributed by atoms with E-state index in [9.17, 15) is 0 Å². The second-order valence-corrected chi connectivity index (χ2v) is 5.29. The number of para-hydroxylation sites is 1. The van der Waals surface area contributed by atoms with E-state index >= 15 is 0 Å². The predicted octanol–water partition coefficient (Wildman–Crippen LogP) is 1.89. The van der Waals surface area contributed by atoms with Crippen molar-refractivity contribution in [2.24, 2.45) is 0 Å². The van der Waals surface area contributed by atoms with Gasteiger partial charge < -0.3 is 19.7 Å². The zero-order valence-corrected chi connectivity index (χ0v) is 11.7. The predicted molar refractivity (Wildman–Crippen MR) is 77.1 cm³/mol. The van der Waals surface area contributed by atoms with E-state index in [2.05, 4.69) is 28.4 Å². The summed E-state index contributed by atoms with van der Waals surface area (Å²) in [5.41, 5.74) is 4.03. The Balaban J connectivity index is 1.87. The molecule has 0 amide bonds. The van der Waals surface area contributed by atoms with Crippen molar-refractivity contribution in [1.82, 2.24) is 0 Å². The highest BCUT2D eigenvalue weighted by molar-refractivity contribution is 5.75. The molecule has 1 aromatic rings. The lowest BCUT2D eigenvalue weighted by atomic mass is 10.0. The summed E-state index contributed by atoms with van der Waals surface area (Å²) in [5.74, 6) is 0. The number of ether oxygens (including phenoxy) is 2. The van der Waals surface area contributed by atoms with Crippen LogP contribution in [0, 0.1) is 0 Å². The lowest BCUT2D eigenvalue weighted by Gasteiger charge is -2.27. The van der Waals surface area contributed by atoms with Gasteiger partial charge in [-0.25, -0.2) is 0 Å². The molecule has 19 heavy (non-hydrogen) atoms. The molecule has 3 rings (SSSR count). The summed E-state index contributed by atoms with van der Waals surface area (Å²) in [6.45, 7) is 2.86. The number of anilines is 2. The highest BCUT2D eigenvalue weighted by Gasteiger charge is 2.34. The Labute approximate surface area is 114 Å². The van der Waals surface area contributed by atoms with Crippen molar-refractivity contribution in [1.29, 1.82) is 0 Å². The van der Waals surface area contributed by atoms with Gasteiger partial charge in [0.25, 0.3) is 0 Å². The summed E-state index contributed by atoms with van der Waals surface area (Å²) in [6, 6.07) is 6.58. The van der Waals surface area contributed by atoms with E-state index in [1.165, 1.54) is 29.8 Å². The molecule has 4 heteroatoms. The number of aryl methyl sites for hydroxylation is 1. The van der Waals surface area contributed by atoms with Crippen molar-refractivity contribution in [2.45, 2.75) is 25.0 Å². The Morgan fingerprint density at radius 2 is 1.89 bits per heavy atom. The molecule has 0 bridgehead atoms. The van der Waals surface area contributed by atoms with Crippen LogP contribution < -0.4 is 10.2 Å². The first-order chi connectivity index (χ1) is 9.33. The summed E-state index contributed by atoms with van der Waals surface area (Å²) in [7, 11) is 3.53. The van der Waals surface area contributed by atoms with Gasteiger partial charge in [-0.05, 0) is 24.5 Å². The average molecular weight is 262 g/mol. The van der Waals surface area contributed by atoms with Crippen LogP contribution in [0.15, 0.2) is 18.2 Å². The normalized spacial score (nSPS) is 26.1. The van der Waals surface area contributed by atoms with Crippen LogP contribution in [0.3, 0.4) is 0 Å². The first-order valence-corrected chi connectivity index (χ1v) is 6.99. The zero-order chi connectivity index (χ0) is 13.2. The summed E-state index contributed by atoms with van der Waals surface area (Å²) < 4.78 is 11.0. The average Bonchev–Trinajstić information content (AvgIpc) is 2.89. The van der Waals surface area contributed by atoms with Gasteiger partial charge in [-0.1, -0.05) is 12.1 Å². The van der Waals surface area contributed by atoms with Crippen LogP contribution >= 0.6 is 0 Å². The van der Waals surface area contributed by atoms with E-state index in [0.29, 0.717) is 0 Å². The Hall–Kier alpha value is -1.26. The third kappa shape index (κ3) is 2.30. The van der Waals surface area contributed by atoms with Gasteiger partial charge in [0, 0.05) is 33.9 Å². The molecule has 2 aliphatic rings. The van der Waals surface area contributed by atoms with Gasteiger partial charge in [0.1, 0.15) is 12.2 Å². The molecule has 1 aromatic carbocycles. The number of rotatable bonds is 3. The molecular weight excluding hydrogens is 240 g/mol. The number of benzene rings is 1. The fourth-order valence-electron chi connectivity index (χ4n) is 3.15. The van der Waals surface area contributed by atoms with Crippen molar-refractivity contribution in [2.75, 3.05) is 44.1 Å². The highest BCUT2D eigenvalue weighted by Crippen LogP contribution is 2.35. The lowest BCUT2D eigenvalue weighted by molar-refractivity contribution is -0.00461. The van der Waals surface area contributed by atoms with Crippen LogP contribution in [0.2, 0.25) is 0 Å². The number of nitrogens with zero attached hydrogens (tertiary/aromatic N) is 1. The van der Waals surface area contributed by atoms with Gasteiger partial charge in [-0.3, -0.25) is 0 Å². The summed E-state index contributed by atoms with van der Waals surface area (Å²) in [4.78, 5) is 2.37. The molecule has 4 nitrogen and oxygen atoms in total. The summed E-state index contributed by atoms with van der Waals surface area (Å²) in [6.07, 6.45) is 2.71. The van der Waals surface area contributed by atoms with E-state index in [4.69, 9.17) is 9.47 Å². The van der Waals surface area contributed by atoms with Gasteiger partial charge in [0.2, 0.25) is 0 Å². The third-order valence-corrected chi connectivity index (χ3v) is 4.21. The molecule has 1 saturated heterocycles. The van der Waals surface area contributed by atoms with Crippen molar-refractivity contribution in [3.05, 3.63) is 23.8 Å². The van der Waals surface area contributed by atoms with Crippen LogP contribution in [0.5, 0.6) is 0 Å². The van der Waals surface area contributed by atoms with Crippen LogP contribution in [0.1, 0.15) is 12.0 Å². The fourth-order valence-corrected chi connectivity index (χ4v) is 3.15. The number of nitrogens with one attached hydrogen (secondary N) is 1. The second-order valence-electron chi connectivity index (χ2n) is 5.29. The van der Waals surface area contributed by atoms with Crippen molar-refractivity contribution >= 4 is 11.4 Å². The molecule has 0 radical (unpaired) electrons. The van der Waals surface area contributed by atoms with Gasteiger partial charge in [0.15, 0.2) is 0 Å². The zero-order valence-electron chi connectivity index (χ0n) is 11.7. The molecule has 0 saturated carbocycles. The Kier molecular flexibility index (Phi) is 3.62. The molecule has 0 spiro atoms. The largest absolute Gasteiger partial charge is 0.383 e. The summed E-state index contributed by atoms with van der Waals surface area (Å²) in [5, 5.41) is 3.55. The summed E-state index contributed by atoms with van der Waals surface area (Å²) >= 11 is 0. The molecule has 2 atom stereocenters. The minimum absolute atomic E-state index is 0.157. The minimum Gasteiger partial charge on any atom is -0.383 e. The highest BCUT2D eigenvalue weighted by atomic mass is 16.5. The van der Waals surface area contributed by atoms with E-state index in [1.807, 2.05) is 0 Å². The number of fused-ring (bicyclic) bond motifs is 1. The topological polar surface area (TPSA) is 33.7 Å². The number of hydrogen-bond acceptors (Lipinski definition) is 4. The molecule has 0 aromatic heterocycles. The molecule has 2 aliphatic heterocycles. The SMILES string of the molecule is COC1CN(c2cccc3c2NCCC3)CC1OC. The maximum absolute atomic E-state index is 5.52. The molecular formula is C15H22N2O2. The van der Waals surface area contributed by atoms with Crippen molar-refractivity contribution in [3.8, 4) is 0 Å². The maximum atomic E-state index is 5.52. The molecule has 2 heterocycles. The van der Waals surface area contributed by atoms with Crippen LogP contribution in [-0.4, -0.2) is 46.1 Å². The molecule has 1 N–H and O–H groups in total. The smallest absolute Gasteiger partial charge is 0.102 e. The Morgan fingerprint density at radius 3 is 2.58 bits per heavy atom. The van der Waals surface area contributed by atoms with Crippen LogP contribution in [0.4, 0.5) is 11.4 Å². The maximum Gasteiger partial charge on any atom is 0.102 e. The fraction of sp³-hybridized carbons (Fsp3) is 0.600. The standard InChI is InChI=1S/C15H22N2O2/c1-18-13-9-17(10-14(13)19-2)12-7-3-5-11-6-4-8-16-15(11)12/h3,5,7,13-14,16H,4,6,8-10H2,1-2H3. The van der Waals surface area contributed by atoms with Crippen molar-refractivity contribution < 1.29 is 9.47 Å². The van der Waals surface area contributed by atoms with Gasteiger partial charge in [-0.15, -0.1) is 0 Å². The monoisotopic (exact) mass is 262 g/mol. The van der Waals surface area contributed by atoms with Gasteiger partial charge in [-0.2, -0.15) is 0 Å². The van der Waals surface area contributed by atoms with E-state index in [0.717, 1.165) is 19.6 Å².